The molecule has 4 rings (SSSR count). The van der Waals surface area contributed by atoms with Gasteiger partial charge in [-0.15, -0.1) is 0 Å². The van der Waals surface area contributed by atoms with E-state index < -0.39 is 81.0 Å². The molecular formula is C33H44O8. The highest BCUT2D eigenvalue weighted by Gasteiger charge is 2.80. The summed E-state index contributed by atoms with van der Waals surface area (Å²) in [6.45, 7) is 9.62. The van der Waals surface area contributed by atoms with Crippen LogP contribution in [0.25, 0.3) is 0 Å². The first-order valence-corrected chi connectivity index (χ1v) is 15.0. The minimum Gasteiger partial charge on any atom is -0.507 e. The molecule has 0 aromatic heterocycles. The van der Waals surface area contributed by atoms with Gasteiger partial charge in [-0.2, -0.15) is 0 Å². The van der Waals surface area contributed by atoms with E-state index in [1.165, 1.54) is 13.0 Å². The molecule has 1 aromatic rings. The first-order chi connectivity index (χ1) is 19.1. The molecule has 0 radical (unpaired) electrons. The molecule has 2 saturated carbocycles. The van der Waals surface area contributed by atoms with Crippen molar-refractivity contribution in [3.05, 3.63) is 29.3 Å². The first kappa shape index (κ1) is 31.2. The number of carbonyl (C=O) groups is 5. The van der Waals surface area contributed by atoms with E-state index in [2.05, 4.69) is 6.92 Å². The SMILES string of the molecule is CCCCCCCC[C@@H]1c2cccc(O)c2C(=O)C2C(=O)[C@@]3(O)C(=O)C(C(C)=O)C(=O)C(C(C)C)[C@@]3(C)[C@H](O)[C@]21C. The predicted molar refractivity (Wildman–Crippen MR) is 151 cm³/mol. The fourth-order valence-corrected chi connectivity index (χ4v) is 8.74. The van der Waals surface area contributed by atoms with Crippen molar-refractivity contribution in [3.8, 4) is 5.75 Å². The fraction of sp³-hybridized carbons (Fsp3) is 0.667. The van der Waals surface area contributed by atoms with Crippen molar-refractivity contribution in [3.63, 3.8) is 0 Å². The fourth-order valence-electron chi connectivity index (χ4n) is 8.74. The van der Waals surface area contributed by atoms with E-state index in [-0.39, 0.29) is 11.3 Å². The van der Waals surface area contributed by atoms with E-state index in [4.69, 9.17) is 0 Å². The van der Waals surface area contributed by atoms with E-state index in [0.29, 0.717) is 12.0 Å². The van der Waals surface area contributed by atoms with Gasteiger partial charge in [-0.25, -0.2) is 0 Å². The zero-order chi connectivity index (χ0) is 30.7. The minimum atomic E-state index is -2.95. The average molecular weight is 569 g/mol. The molecule has 8 heteroatoms. The Bertz CT molecular complexity index is 1280. The van der Waals surface area contributed by atoms with Crippen molar-refractivity contribution in [2.24, 2.45) is 34.5 Å². The summed E-state index contributed by atoms with van der Waals surface area (Å²) in [5, 5.41) is 35.4. The Morgan fingerprint density at radius 2 is 1.59 bits per heavy atom. The Hall–Kier alpha value is -2.71. The second-order valence-electron chi connectivity index (χ2n) is 13.3. The standard InChI is InChI=1S/C33H44O8/c1-7-8-9-10-11-12-15-20-19-14-13-16-21(35)23(19)27(37)25-29(39)33(41)28(38)22(18(4)34)26(36)24(17(2)3)32(33,6)30(40)31(20,25)5/h13-14,16-17,20,22,24-25,30,35,40-41H,7-12,15H2,1-6H3/t20-,22?,24?,25?,30-,31+,32+,33+/m1/s1. The van der Waals surface area contributed by atoms with E-state index in [1.807, 2.05) is 0 Å². The van der Waals surface area contributed by atoms with Crippen molar-refractivity contribution in [2.45, 2.75) is 104 Å². The lowest BCUT2D eigenvalue weighted by atomic mass is 9.37. The zero-order valence-electron chi connectivity index (χ0n) is 25.0. The molecule has 41 heavy (non-hydrogen) atoms. The summed E-state index contributed by atoms with van der Waals surface area (Å²) in [6, 6.07) is 4.70. The number of aliphatic hydroxyl groups is 2. The summed E-state index contributed by atoms with van der Waals surface area (Å²) in [7, 11) is 0. The van der Waals surface area contributed by atoms with Crippen LogP contribution < -0.4 is 0 Å². The highest BCUT2D eigenvalue weighted by Crippen LogP contribution is 2.67. The second-order valence-corrected chi connectivity index (χ2v) is 13.3. The Morgan fingerprint density at radius 3 is 2.17 bits per heavy atom. The van der Waals surface area contributed by atoms with E-state index in [0.717, 1.165) is 45.4 Å². The van der Waals surface area contributed by atoms with Gasteiger partial charge < -0.3 is 15.3 Å². The summed E-state index contributed by atoms with van der Waals surface area (Å²) < 4.78 is 0. The number of Topliss-reactive ketones (excluding diaryl/α,β-unsaturated/α-hetero) is 5. The molecule has 3 unspecified atom stereocenters. The Kier molecular flexibility index (Phi) is 8.26. The third kappa shape index (κ3) is 4.11. The van der Waals surface area contributed by atoms with Gasteiger partial charge >= 0.3 is 0 Å². The molecule has 3 aliphatic rings. The Morgan fingerprint density at radius 1 is 0.976 bits per heavy atom. The molecule has 1 aromatic carbocycles. The molecule has 3 N–H and O–H groups in total. The molecule has 8 nitrogen and oxygen atoms in total. The summed E-state index contributed by atoms with van der Waals surface area (Å²) in [5.74, 6) is -10.8. The van der Waals surface area contributed by atoms with Gasteiger partial charge in [0, 0.05) is 16.7 Å². The number of carbonyl (C=O) groups excluding carboxylic acids is 5. The van der Waals surface area contributed by atoms with Gasteiger partial charge in [0.1, 0.15) is 17.5 Å². The van der Waals surface area contributed by atoms with Crippen LogP contribution in [-0.2, 0) is 19.2 Å². The van der Waals surface area contributed by atoms with Crippen molar-refractivity contribution >= 4 is 28.9 Å². The lowest BCUT2D eigenvalue weighted by Gasteiger charge is -2.65. The van der Waals surface area contributed by atoms with Gasteiger partial charge in [0.25, 0.3) is 0 Å². The molecular weight excluding hydrogens is 524 g/mol. The smallest absolute Gasteiger partial charge is 0.191 e. The molecule has 3 aliphatic carbocycles. The maximum Gasteiger partial charge on any atom is 0.191 e. The van der Waals surface area contributed by atoms with E-state index in [9.17, 15) is 39.3 Å². The predicted octanol–water partition coefficient (Wildman–Crippen LogP) is 4.36. The number of benzene rings is 1. The van der Waals surface area contributed by atoms with Gasteiger partial charge in [0.2, 0.25) is 0 Å². The van der Waals surface area contributed by atoms with Gasteiger partial charge in [0.15, 0.2) is 28.7 Å². The van der Waals surface area contributed by atoms with Crippen LogP contribution in [0.5, 0.6) is 5.75 Å². The van der Waals surface area contributed by atoms with E-state index >= 15 is 0 Å². The molecule has 0 bridgehead atoms. The summed E-state index contributed by atoms with van der Waals surface area (Å²) in [5.41, 5.74) is -5.95. The molecule has 0 aliphatic heterocycles. The summed E-state index contributed by atoms with van der Waals surface area (Å²) >= 11 is 0. The van der Waals surface area contributed by atoms with Gasteiger partial charge in [-0.05, 0) is 36.8 Å². The third-order valence-corrected chi connectivity index (χ3v) is 10.7. The highest BCUT2D eigenvalue weighted by molar-refractivity contribution is 6.32. The zero-order valence-corrected chi connectivity index (χ0v) is 25.0. The molecule has 224 valence electrons. The number of rotatable bonds is 9. The van der Waals surface area contributed by atoms with Crippen molar-refractivity contribution < 1.29 is 39.3 Å². The monoisotopic (exact) mass is 568 g/mol. The molecule has 0 spiro atoms. The van der Waals surface area contributed by atoms with Crippen LogP contribution in [0.15, 0.2) is 18.2 Å². The largest absolute Gasteiger partial charge is 0.507 e. The quantitative estimate of drug-likeness (QED) is 0.294. The summed E-state index contributed by atoms with van der Waals surface area (Å²) in [6.07, 6.45) is 4.81. The van der Waals surface area contributed by atoms with Crippen LogP contribution in [-0.4, -0.2) is 55.9 Å². The second kappa shape index (κ2) is 10.8. The maximum atomic E-state index is 14.5. The van der Waals surface area contributed by atoms with Crippen molar-refractivity contribution in [1.82, 2.24) is 0 Å². The topological polar surface area (TPSA) is 146 Å². The lowest BCUT2D eigenvalue weighted by Crippen LogP contribution is -2.82. The number of unbranched alkanes of at least 4 members (excludes halogenated alkanes) is 5. The maximum absolute atomic E-state index is 14.5. The molecule has 2 fully saturated rings. The minimum absolute atomic E-state index is 0.0402. The average Bonchev–Trinajstić information content (AvgIpc) is 2.89. The lowest BCUT2D eigenvalue weighted by molar-refractivity contribution is -0.241. The number of phenols is 1. The van der Waals surface area contributed by atoms with Crippen LogP contribution in [0.1, 0.15) is 108 Å². The van der Waals surface area contributed by atoms with Crippen LogP contribution >= 0.6 is 0 Å². The van der Waals surface area contributed by atoms with Crippen LogP contribution in [0.4, 0.5) is 0 Å². The van der Waals surface area contributed by atoms with Crippen molar-refractivity contribution in [2.75, 3.05) is 0 Å². The molecule has 0 saturated heterocycles. The molecule has 0 heterocycles. The third-order valence-electron chi connectivity index (χ3n) is 10.7. The van der Waals surface area contributed by atoms with Gasteiger partial charge in [-0.1, -0.05) is 85.3 Å². The molecule has 0 amide bonds. The number of aromatic hydroxyl groups is 1. The van der Waals surface area contributed by atoms with Gasteiger partial charge in [-0.3, -0.25) is 24.0 Å². The highest BCUT2D eigenvalue weighted by atomic mass is 16.3. The normalized spacial score (nSPS) is 36.7. The number of ketones is 5. The van der Waals surface area contributed by atoms with Crippen LogP contribution in [0.3, 0.4) is 0 Å². The summed E-state index contributed by atoms with van der Waals surface area (Å²) in [4.78, 5) is 68.8. The number of phenolic OH excluding ortho intramolecular Hbond substituents is 1. The first-order valence-electron chi connectivity index (χ1n) is 15.0. The van der Waals surface area contributed by atoms with Crippen LogP contribution in [0, 0.1) is 34.5 Å². The Labute approximate surface area is 241 Å². The van der Waals surface area contributed by atoms with E-state index in [1.54, 1.807) is 32.9 Å². The number of fused-ring (bicyclic) bond motifs is 3. The van der Waals surface area contributed by atoms with Gasteiger partial charge in [0.05, 0.1) is 17.6 Å². The molecule has 8 atom stereocenters. The van der Waals surface area contributed by atoms with Crippen LogP contribution in [0.2, 0.25) is 0 Å². The number of hydrogen-bond acceptors (Lipinski definition) is 8. The van der Waals surface area contributed by atoms with Crippen molar-refractivity contribution in [1.29, 1.82) is 0 Å². The Balaban J connectivity index is 1.94. The number of hydrogen-bond donors (Lipinski definition) is 3. The number of aliphatic hydroxyl groups excluding tert-OH is 1.